The molecule has 6 nitrogen and oxygen atoms in total. The summed E-state index contributed by atoms with van der Waals surface area (Å²) < 4.78 is 1.69. The number of carbonyl (C=O) groups excluding carboxylic acids is 1. The van der Waals surface area contributed by atoms with Gasteiger partial charge in [0.15, 0.2) is 11.5 Å². The first-order chi connectivity index (χ1) is 11.7. The zero-order valence-corrected chi connectivity index (χ0v) is 13.3. The van der Waals surface area contributed by atoms with Crippen molar-refractivity contribution in [1.82, 2.24) is 19.9 Å². The predicted molar refractivity (Wildman–Crippen MR) is 92.3 cm³/mol. The molecule has 0 fully saturated rings. The van der Waals surface area contributed by atoms with E-state index in [0.29, 0.717) is 16.1 Å². The Morgan fingerprint density at radius 2 is 1.96 bits per heavy atom. The smallest absolute Gasteiger partial charge is 0.261 e. The summed E-state index contributed by atoms with van der Waals surface area (Å²) in [5.41, 5.74) is 0.720. The SMILES string of the molecule is O=C(NCc1nnc2ccccn12)c1cc2ccccc2c(=O)s1. The molecule has 1 amide bonds. The van der Waals surface area contributed by atoms with Crippen molar-refractivity contribution in [3.8, 4) is 0 Å². The number of benzene rings is 1. The molecule has 4 rings (SSSR count). The molecule has 7 heteroatoms. The number of amides is 1. The topological polar surface area (TPSA) is 76.4 Å². The molecule has 4 aromatic rings. The fourth-order valence-electron chi connectivity index (χ4n) is 2.50. The van der Waals surface area contributed by atoms with Gasteiger partial charge in [-0.3, -0.25) is 14.0 Å². The van der Waals surface area contributed by atoms with Crippen LogP contribution in [0.25, 0.3) is 16.4 Å². The maximum Gasteiger partial charge on any atom is 0.261 e. The molecular weight excluding hydrogens is 324 g/mol. The molecule has 0 saturated heterocycles. The molecule has 1 aromatic carbocycles. The van der Waals surface area contributed by atoms with Crippen LogP contribution >= 0.6 is 11.3 Å². The van der Waals surface area contributed by atoms with E-state index in [4.69, 9.17) is 0 Å². The number of hydrogen-bond acceptors (Lipinski definition) is 5. The maximum absolute atomic E-state index is 12.4. The fourth-order valence-corrected chi connectivity index (χ4v) is 3.35. The van der Waals surface area contributed by atoms with Crippen molar-refractivity contribution in [3.63, 3.8) is 0 Å². The molecule has 0 aliphatic heterocycles. The first-order valence-electron chi connectivity index (χ1n) is 7.32. The van der Waals surface area contributed by atoms with Crippen molar-refractivity contribution in [1.29, 1.82) is 0 Å². The van der Waals surface area contributed by atoms with E-state index >= 15 is 0 Å². The van der Waals surface area contributed by atoms with Crippen LogP contribution in [0.2, 0.25) is 0 Å². The van der Waals surface area contributed by atoms with E-state index in [2.05, 4.69) is 15.5 Å². The lowest BCUT2D eigenvalue weighted by atomic mass is 10.2. The Hall–Kier alpha value is -3.06. The summed E-state index contributed by atoms with van der Waals surface area (Å²) in [6.07, 6.45) is 1.84. The Morgan fingerprint density at radius 1 is 1.12 bits per heavy atom. The molecular formula is C17H12N4O2S. The molecule has 0 bridgehead atoms. The number of nitrogens with one attached hydrogen (secondary N) is 1. The minimum Gasteiger partial charge on any atom is -0.344 e. The van der Waals surface area contributed by atoms with Gasteiger partial charge in [0.25, 0.3) is 5.91 Å². The van der Waals surface area contributed by atoms with Gasteiger partial charge in [0.05, 0.1) is 11.4 Å². The normalized spacial score (nSPS) is 11.0. The average Bonchev–Trinajstić information content (AvgIpc) is 3.03. The second kappa shape index (κ2) is 5.86. The molecule has 24 heavy (non-hydrogen) atoms. The Labute approximate surface area is 140 Å². The average molecular weight is 336 g/mol. The van der Waals surface area contributed by atoms with Crippen LogP contribution in [-0.2, 0) is 6.54 Å². The number of rotatable bonds is 3. The summed E-state index contributed by atoms with van der Waals surface area (Å²) in [6.45, 7) is 0.234. The number of aromatic nitrogens is 3. The van der Waals surface area contributed by atoms with Gasteiger partial charge in [-0.05, 0) is 29.7 Å². The highest BCUT2D eigenvalue weighted by Gasteiger charge is 2.12. The van der Waals surface area contributed by atoms with Gasteiger partial charge in [-0.2, -0.15) is 0 Å². The molecule has 1 N–H and O–H groups in total. The number of fused-ring (bicyclic) bond motifs is 2. The Kier molecular flexibility index (Phi) is 3.55. The molecule has 0 saturated carbocycles. The van der Waals surface area contributed by atoms with E-state index in [9.17, 15) is 9.59 Å². The van der Waals surface area contributed by atoms with Crippen molar-refractivity contribution < 1.29 is 4.79 Å². The minimum absolute atomic E-state index is 0.119. The number of nitrogens with zero attached hydrogens (tertiary/aromatic N) is 3. The van der Waals surface area contributed by atoms with Crippen LogP contribution < -0.4 is 10.1 Å². The van der Waals surface area contributed by atoms with Crippen molar-refractivity contribution in [2.45, 2.75) is 6.54 Å². The summed E-state index contributed by atoms with van der Waals surface area (Å²) in [5, 5.41) is 12.3. The summed E-state index contributed by atoms with van der Waals surface area (Å²) in [4.78, 5) is 24.9. The van der Waals surface area contributed by atoms with E-state index in [1.807, 2.05) is 47.0 Å². The van der Waals surface area contributed by atoms with Crippen molar-refractivity contribution in [2.24, 2.45) is 0 Å². The van der Waals surface area contributed by atoms with E-state index in [0.717, 1.165) is 22.4 Å². The van der Waals surface area contributed by atoms with Gasteiger partial charge in [-0.15, -0.1) is 10.2 Å². The van der Waals surface area contributed by atoms with Gasteiger partial charge in [0, 0.05) is 11.6 Å². The standard InChI is InChI=1S/C17H12N4O2S/c22-16(13-9-11-5-1-2-6-12(11)17(23)24-13)18-10-15-20-19-14-7-3-4-8-21(14)15/h1-9H,10H2,(H,18,22). The van der Waals surface area contributed by atoms with Crippen LogP contribution in [-0.4, -0.2) is 20.5 Å². The molecule has 0 radical (unpaired) electrons. The lowest BCUT2D eigenvalue weighted by Gasteiger charge is -2.04. The van der Waals surface area contributed by atoms with Gasteiger partial charge in [-0.1, -0.05) is 35.6 Å². The van der Waals surface area contributed by atoms with E-state index in [1.165, 1.54) is 0 Å². The molecule has 118 valence electrons. The number of hydrogen-bond donors (Lipinski definition) is 1. The summed E-state index contributed by atoms with van der Waals surface area (Å²) >= 11 is 0.945. The molecule has 3 aromatic heterocycles. The first-order valence-corrected chi connectivity index (χ1v) is 8.14. The van der Waals surface area contributed by atoms with E-state index in [-0.39, 0.29) is 17.2 Å². The molecule has 0 aliphatic rings. The predicted octanol–water partition coefficient (Wildman–Crippen LogP) is 2.23. The highest BCUT2D eigenvalue weighted by atomic mass is 32.1. The van der Waals surface area contributed by atoms with Crippen LogP contribution in [0.3, 0.4) is 0 Å². The van der Waals surface area contributed by atoms with Gasteiger partial charge in [-0.25, -0.2) is 0 Å². The largest absolute Gasteiger partial charge is 0.344 e. The number of pyridine rings is 1. The number of carbonyl (C=O) groups is 1. The van der Waals surface area contributed by atoms with Crippen LogP contribution in [0.15, 0.2) is 59.5 Å². The monoisotopic (exact) mass is 336 g/mol. The van der Waals surface area contributed by atoms with Crippen LogP contribution in [0.4, 0.5) is 0 Å². The van der Waals surface area contributed by atoms with Gasteiger partial charge in [0.1, 0.15) is 0 Å². The first kappa shape index (κ1) is 14.5. The summed E-state index contributed by atoms with van der Waals surface area (Å²) in [6, 6.07) is 14.6. The zero-order chi connectivity index (χ0) is 16.5. The lowest BCUT2D eigenvalue weighted by Crippen LogP contribution is -2.24. The minimum atomic E-state index is -0.296. The van der Waals surface area contributed by atoms with Crippen molar-refractivity contribution >= 4 is 33.7 Å². The molecule has 0 spiro atoms. The molecule has 3 heterocycles. The van der Waals surface area contributed by atoms with Crippen LogP contribution in [0, 0.1) is 0 Å². The lowest BCUT2D eigenvalue weighted by molar-refractivity contribution is 0.0954. The van der Waals surface area contributed by atoms with Crippen LogP contribution in [0.1, 0.15) is 15.5 Å². The highest BCUT2D eigenvalue weighted by Crippen LogP contribution is 2.15. The second-order valence-corrected chi connectivity index (χ2v) is 6.23. The Balaban J connectivity index is 1.59. The third kappa shape index (κ3) is 2.55. The van der Waals surface area contributed by atoms with Gasteiger partial charge in [0.2, 0.25) is 4.74 Å². The van der Waals surface area contributed by atoms with Crippen molar-refractivity contribution in [3.05, 3.63) is 75.0 Å². The highest BCUT2D eigenvalue weighted by molar-refractivity contribution is 7.12. The maximum atomic E-state index is 12.4. The molecule has 0 unspecified atom stereocenters. The second-order valence-electron chi connectivity index (χ2n) is 5.21. The third-order valence-corrected chi connectivity index (χ3v) is 4.61. The Bertz CT molecular complexity index is 1120. The zero-order valence-electron chi connectivity index (χ0n) is 12.5. The van der Waals surface area contributed by atoms with Gasteiger partial charge < -0.3 is 5.32 Å². The summed E-state index contributed by atoms with van der Waals surface area (Å²) in [7, 11) is 0. The Morgan fingerprint density at radius 3 is 2.88 bits per heavy atom. The quantitative estimate of drug-likeness (QED) is 0.622. The van der Waals surface area contributed by atoms with Crippen molar-refractivity contribution in [2.75, 3.05) is 0 Å². The van der Waals surface area contributed by atoms with Gasteiger partial charge >= 0.3 is 0 Å². The van der Waals surface area contributed by atoms with Crippen LogP contribution in [0.5, 0.6) is 0 Å². The third-order valence-electron chi connectivity index (χ3n) is 3.69. The fraction of sp³-hybridized carbons (Fsp3) is 0.0588. The summed E-state index contributed by atoms with van der Waals surface area (Å²) in [5.74, 6) is 0.336. The van der Waals surface area contributed by atoms with E-state index < -0.39 is 0 Å². The van der Waals surface area contributed by atoms with E-state index in [1.54, 1.807) is 12.1 Å². The molecule has 0 atom stereocenters. The molecule has 0 aliphatic carbocycles.